The molecule has 14 heavy (non-hydrogen) atoms. The third-order valence-electron chi connectivity index (χ3n) is 2.03. The number of methoxy groups -OCH3 is 2. The molecule has 2 N–H and O–H groups in total. The lowest BCUT2D eigenvalue weighted by Crippen LogP contribution is -2.31. The van der Waals surface area contributed by atoms with Gasteiger partial charge in [-0.2, -0.15) is 0 Å². The predicted molar refractivity (Wildman–Crippen MR) is 54.1 cm³/mol. The summed E-state index contributed by atoms with van der Waals surface area (Å²) in [7, 11) is 1.42. The third kappa shape index (κ3) is 1.83. The lowest BCUT2D eigenvalue weighted by atomic mass is 9.79. The molecule has 1 aromatic rings. The fourth-order valence-corrected chi connectivity index (χ4v) is 1.34. The molecule has 0 fully saturated rings. The summed E-state index contributed by atoms with van der Waals surface area (Å²) in [5.41, 5.74) is 1.18. The van der Waals surface area contributed by atoms with Crippen LogP contribution in [0.3, 0.4) is 0 Å². The Hall–Kier alpha value is -1.20. The Balaban J connectivity index is 3.33. The van der Waals surface area contributed by atoms with Gasteiger partial charge in [0.2, 0.25) is 0 Å². The average molecular weight is 196 g/mol. The van der Waals surface area contributed by atoms with Crippen LogP contribution in [0, 0.1) is 6.92 Å². The van der Waals surface area contributed by atoms with Crippen LogP contribution in [0.2, 0.25) is 0 Å². The van der Waals surface area contributed by atoms with Crippen LogP contribution in [0.1, 0.15) is 5.56 Å². The summed E-state index contributed by atoms with van der Waals surface area (Å²) in [5, 5.41) is 18.1. The number of rotatable bonds is 3. The van der Waals surface area contributed by atoms with Crippen molar-refractivity contribution in [2.45, 2.75) is 6.92 Å². The van der Waals surface area contributed by atoms with Crippen molar-refractivity contribution in [2.24, 2.45) is 0 Å². The van der Waals surface area contributed by atoms with Crippen molar-refractivity contribution in [3.63, 3.8) is 0 Å². The van der Waals surface area contributed by atoms with E-state index in [-0.39, 0.29) is 0 Å². The Morgan fingerprint density at radius 3 is 2.07 bits per heavy atom. The van der Waals surface area contributed by atoms with E-state index < -0.39 is 7.12 Å². The zero-order chi connectivity index (χ0) is 10.7. The van der Waals surface area contributed by atoms with Gasteiger partial charge in [0.25, 0.3) is 0 Å². The van der Waals surface area contributed by atoms with Crippen LogP contribution in [0.5, 0.6) is 11.5 Å². The Morgan fingerprint density at radius 2 is 1.64 bits per heavy atom. The van der Waals surface area contributed by atoms with Gasteiger partial charge in [-0.25, -0.2) is 0 Å². The van der Waals surface area contributed by atoms with Gasteiger partial charge in [0.1, 0.15) is 0 Å². The molecule has 1 aromatic carbocycles. The molecule has 0 aliphatic heterocycles. The molecule has 0 aromatic heterocycles. The normalized spacial score (nSPS) is 9.79. The van der Waals surface area contributed by atoms with E-state index in [9.17, 15) is 0 Å². The molecule has 0 radical (unpaired) electrons. The third-order valence-corrected chi connectivity index (χ3v) is 2.03. The summed E-state index contributed by atoms with van der Waals surface area (Å²) >= 11 is 0. The van der Waals surface area contributed by atoms with Gasteiger partial charge in [0, 0.05) is 5.46 Å². The van der Waals surface area contributed by atoms with Gasteiger partial charge >= 0.3 is 7.12 Å². The standard InChI is InChI=1S/C9H13BO4/c1-6-4-5-7(10(11)12)9(14-3)8(6)13-2/h4-5,11-12H,1-3H3. The summed E-state index contributed by atoms with van der Waals surface area (Å²) in [4.78, 5) is 0. The quantitative estimate of drug-likeness (QED) is 0.651. The van der Waals surface area contributed by atoms with Crippen molar-refractivity contribution in [1.29, 1.82) is 0 Å². The fourth-order valence-electron chi connectivity index (χ4n) is 1.34. The lowest BCUT2D eigenvalue weighted by molar-refractivity contribution is 0.352. The maximum absolute atomic E-state index is 9.07. The highest BCUT2D eigenvalue weighted by Crippen LogP contribution is 2.28. The van der Waals surface area contributed by atoms with Gasteiger partial charge in [-0.1, -0.05) is 12.1 Å². The topological polar surface area (TPSA) is 58.9 Å². The number of hydrogen-bond acceptors (Lipinski definition) is 4. The molecular weight excluding hydrogens is 183 g/mol. The lowest BCUT2D eigenvalue weighted by Gasteiger charge is -2.14. The second-order valence-electron chi connectivity index (χ2n) is 2.91. The zero-order valence-corrected chi connectivity index (χ0v) is 8.44. The maximum Gasteiger partial charge on any atom is 0.492 e. The van der Waals surface area contributed by atoms with Gasteiger partial charge in [-0.15, -0.1) is 0 Å². The Labute approximate surface area is 83.2 Å². The highest BCUT2D eigenvalue weighted by molar-refractivity contribution is 6.59. The second kappa shape index (κ2) is 4.35. The van der Waals surface area contributed by atoms with Crippen LogP contribution in [-0.4, -0.2) is 31.4 Å². The summed E-state index contributed by atoms with van der Waals surface area (Å²) in [6.45, 7) is 1.86. The molecule has 0 saturated heterocycles. The maximum atomic E-state index is 9.07. The first-order valence-corrected chi connectivity index (χ1v) is 4.19. The molecule has 0 saturated carbocycles. The summed E-state index contributed by atoms with van der Waals surface area (Å²) in [6, 6.07) is 3.34. The molecule has 76 valence electrons. The molecule has 4 nitrogen and oxygen atoms in total. The monoisotopic (exact) mass is 196 g/mol. The second-order valence-corrected chi connectivity index (χ2v) is 2.91. The molecule has 0 heterocycles. The van der Waals surface area contributed by atoms with E-state index in [4.69, 9.17) is 19.5 Å². The molecule has 0 aliphatic carbocycles. The van der Waals surface area contributed by atoms with Crippen LogP contribution in [0.25, 0.3) is 0 Å². The number of ether oxygens (including phenoxy) is 2. The van der Waals surface area contributed by atoms with E-state index in [2.05, 4.69) is 0 Å². The van der Waals surface area contributed by atoms with Gasteiger partial charge in [0.15, 0.2) is 11.5 Å². The molecule has 1 rings (SSSR count). The van der Waals surface area contributed by atoms with Crippen molar-refractivity contribution in [3.8, 4) is 11.5 Å². The van der Waals surface area contributed by atoms with Crippen molar-refractivity contribution in [2.75, 3.05) is 14.2 Å². The summed E-state index contributed by atoms with van der Waals surface area (Å²) < 4.78 is 10.2. The molecule has 0 atom stereocenters. The van der Waals surface area contributed by atoms with Crippen molar-refractivity contribution >= 4 is 12.6 Å². The molecule has 0 unspecified atom stereocenters. The van der Waals surface area contributed by atoms with Gasteiger partial charge in [0.05, 0.1) is 14.2 Å². The Morgan fingerprint density at radius 1 is 1.07 bits per heavy atom. The highest BCUT2D eigenvalue weighted by atomic mass is 16.5. The fraction of sp³-hybridized carbons (Fsp3) is 0.333. The van der Waals surface area contributed by atoms with Crippen LogP contribution in [0.4, 0.5) is 0 Å². The molecule has 0 aliphatic rings. The molecule has 0 amide bonds. The van der Waals surface area contributed by atoms with E-state index in [1.54, 1.807) is 12.1 Å². The molecule has 5 heteroatoms. The number of hydrogen-bond donors (Lipinski definition) is 2. The average Bonchev–Trinajstić information content (AvgIpc) is 2.16. The SMILES string of the molecule is COc1c(C)ccc(B(O)O)c1OC. The van der Waals surface area contributed by atoms with Gasteiger partial charge in [-0.05, 0) is 12.5 Å². The van der Waals surface area contributed by atoms with Crippen LogP contribution >= 0.6 is 0 Å². The van der Waals surface area contributed by atoms with E-state index in [0.29, 0.717) is 17.0 Å². The summed E-state index contributed by atoms with van der Waals surface area (Å²) in [5.74, 6) is 0.889. The molecule has 0 spiro atoms. The van der Waals surface area contributed by atoms with Gasteiger partial charge < -0.3 is 19.5 Å². The molecular formula is C9H13BO4. The van der Waals surface area contributed by atoms with Crippen LogP contribution in [-0.2, 0) is 0 Å². The first-order chi connectivity index (χ1) is 6.61. The largest absolute Gasteiger partial charge is 0.493 e. The minimum Gasteiger partial charge on any atom is -0.493 e. The van der Waals surface area contributed by atoms with Crippen molar-refractivity contribution < 1.29 is 19.5 Å². The van der Waals surface area contributed by atoms with Crippen molar-refractivity contribution in [1.82, 2.24) is 0 Å². The van der Waals surface area contributed by atoms with E-state index >= 15 is 0 Å². The minimum absolute atomic E-state index is 0.301. The smallest absolute Gasteiger partial charge is 0.492 e. The highest BCUT2D eigenvalue weighted by Gasteiger charge is 2.21. The molecule has 0 bridgehead atoms. The Kier molecular flexibility index (Phi) is 3.38. The number of benzene rings is 1. The van der Waals surface area contributed by atoms with Crippen LogP contribution in [0.15, 0.2) is 12.1 Å². The number of aryl methyl sites for hydroxylation is 1. The van der Waals surface area contributed by atoms with Gasteiger partial charge in [-0.3, -0.25) is 0 Å². The first-order valence-electron chi connectivity index (χ1n) is 4.19. The predicted octanol–water partition coefficient (Wildman–Crippen LogP) is -0.308. The Bertz CT molecular complexity index is 325. The zero-order valence-electron chi connectivity index (χ0n) is 8.44. The minimum atomic E-state index is -1.56. The summed E-state index contributed by atoms with van der Waals surface area (Å²) in [6.07, 6.45) is 0. The van der Waals surface area contributed by atoms with E-state index in [1.807, 2.05) is 6.92 Å². The van der Waals surface area contributed by atoms with E-state index in [0.717, 1.165) is 5.56 Å². The van der Waals surface area contributed by atoms with Crippen LogP contribution < -0.4 is 14.9 Å². The first kappa shape index (κ1) is 10.9. The van der Waals surface area contributed by atoms with E-state index in [1.165, 1.54) is 14.2 Å². The van der Waals surface area contributed by atoms with Crippen molar-refractivity contribution in [3.05, 3.63) is 17.7 Å².